The highest BCUT2D eigenvalue weighted by Crippen LogP contribution is 2.05. The molecule has 1 heterocycles. The molecule has 0 atom stereocenters. The highest BCUT2D eigenvalue weighted by atomic mass is 16.6. The van der Waals surface area contributed by atoms with Crippen molar-refractivity contribution in [1.82, 2.24) is 10.2 Å². The molecular formula is C12H14N2O5. The first-order valence-corrected chi connectivity index (χ1v) is 5.53. The zero-order chi connectivity index (χ0) is 14.1. The van der Waals surface area contributed by atoms with Gasteiger partial charge in [0.1, 0.15) is 6.61 Å². The summed E-state index contributed by atoms with van der Waals surface area (Å²) in [4.78, 5) is 32.0. The molecule has 1 aromatic rings. The Hall–Kier alpha value is -2.57. The third-order valence-corrected chi connectivity index (χ3v) is 2.28. The Bertz CT molecular complexity index is 435. The van der Waals surface area contributed by atoms with Gasteiger partial charge < -0.3 is 15.2 Å². The van der Waals surface area contributed by atoms with Crippen LogP contribution in [-0.4, -0.2) is 41.7 Å². The molecule has 19 heavy (non-hydrogen) atoms. The number of carbonyl (C=O) groups is 3. The second-order valence-corrected chi connectivity index (χ2v) is 3.53. The van der Waals surface area contributed by atoms with E-state index < -0.39 is 12.1 Å². The fourth-order valence-electron chi connectivity index (χ4n) is 1.44. The fourth-order valence-corrected chi connectivity index (χ4v) is 1.44. The molecule has 0 aromatic heterocycles. The molecule has 0 radical (unpaired) electrons. The van der Waals surface area contributed by atoms with Gasteiger partial charge in [-0.2, -0.15) is 0 Å². The zero-order valence-electron chi connectivity index (χ0n) is 10.1. The maximum absolute atomic E-state index is 11.5. The van der Waals surface area contributed by atoms with Gasteiger partial charge >= 0.3 is 12.1 Å². The summed E-state index contributed by atoms with van der Waals surface area (Å²) in [7, 11) is 0. The summed E-state index contributed by atoms with van der Waals surface area (Å²) in [6.45, 7) is 0.787. The van der Waals surface area contributed by atoms with E-state index in [1.807, 2.05) is 30.3 Å². The Labute approximate surface area is 109 Å². The maximum Gasteiger partial charge on any atom is 0.418 e. The van der Waals surface area contributed by atoms with Crippen LogP contribution in [0.25, 0.3) is 0 Å². The van der Waals surface area contributed by atoms with E-state index in [2.05, 4.69) is 5.32 Å². The van der Waals surface area contributed by atoms with Crippen LogP contribution in [0.4, 0.5) is 9.59 Å². The molecule has 0 aliphatic carbocycles. The molecule has 0 unspecified atom stereocenters. The molecule has 102 valence electrons. The van der Waals surface area contributed by atoms with Gasteiger partial charge in [-0.3, -0.25) is 4.79 Å². The smallest absolute Gasteiger partial charge is 0.418 e. The topological polar surface area (TPSA) is 95.9 Å². The number of carboxylic acid groups (broad SMARTS) is 1. The van der Waals surface area contributed by atoms with Crippen LogP contribution in [0.1, 0.15) is 5.56 Å². The lowest BCUT2D eigenvalue weighted by atomic mass is 10.2. The number of rotatable bonds is 2. The first-order valence-electron chi connectivity index (χ1n) is 5.53. The Morgan fingerprint density at radius 2 is 2.05 bits per heavy atom. The van der Waals surface area contributed by atoms with E-state index in [9.17, 15) is 9.59 Å². The number of hydrogen-bond donors (Lipinski definition) is 2. The number of imide groups is 1. The summed E-state index contributed by atoms with van der Waals surface area (Å²) in [5.74, 6) is 0. The van der Waals surface area contributed by atoms with Gasteiger partial charge in [-0.05, 0) is 5.56 Å². The molecule has 1 saturated heterocycles. The van der Waals surface area contributed by atoms with Gasteiger partial charge in [0.05, 0.1) is 6.54 Å². The van der Waals surface area contributed by atoms with E-state index >= 15 is 0 Å². The van der Waals surface area contributed by atoms with Crippen LogP contribution in [0.3, 0.4) is 0 Å². The van der Waals surface area contributed by atoms with Crippen LogP contribution in [0.15, 0.2) is 30.3 Å². The third-order valence-electron chi connectivity index (χ3n) is 2.28. The minimum atomic E-state index is -0.598. The lowest BCUT2D eigenvalue weighted by molar-refractivity contribution is -0.122. The maximum atomic E-state index is 11.5. The Morgan fingerprint density at radius 3 is 2.58 bits per heavy atom. The lowest BCUT2D eigenvalue weighted by Gasteiger charge is -2.12. The monoisotopic (exact) mass is 266 g/mol. The molecule has 2 N–H and O–H groups in total. The van der Waals surface area contributed by atoms with Crippen molar-refractivity contribution in [3.05, 3.63) is 35.9 Å². The fraction of sp³-hybridized carbons (Fsp3) is 0.250. The first-order chi connectivity index (χ1) is 9.19. The minimum Gasteiger partial charge on any atom is -0.483 e. The second kappa shape index (κ2) is 7.70. The molecular weight excluding hydrogens is 252 g/mol. The zero-order valence-corrected chi connectivity index (χ0v) is 10.1. The Balaban J connectivity index is 0.000000550. The van der Waals surface area contributed by atoms with Crippen molar-refractivity contribution in [2.24, 2.45) is 0 Å². The summed E-state index contributed by atoms with van der Waals surface area (Å²) in [6, 6.07) is 8.95. The minimum absolute atomic E-state index is 0.184. The van der Waals surface area contributed by atoms with Crippen LogP contribution < -0.4 is 5.32 Å². The van der Waals surface area contributed by atoms with Crippen LogP contribution in [0, 0.1) is 0 Å². The van der Waals surface area contributed by atoms with Crippen molar-refractivity contribution in [1.29, 1.82) is 0 Å². The molecule has 2 rings (SSSR count). The molecule has 3 amide bonds. The summed E-state index contributed by atoms with van der Waals surface area (Å²) in [6.07, 6.45) is -0.598. The van der Waals surface area contributed by atoms with Crippen LogP contribution in [0.2, 0.25) is 0 Å². The summed E-state index contributed by atoms with van der Waals surface area (Å²) in [5.41, 5.74) is 0.899. The number of hydrogen-bond acceptors (Lipinski definition) is 4. The number of urea groups is 1. The van der Waals surface area contributed by atoms with Crippen molar-refractivity contribution in [2.75, 3.05) is 13.1 Å². The number of amides is 3. The van der Waals surface area contributed by atoms with E-state index in [1.165, 1.54) is 0 Å². The summed E-state index contributed by atoms with van der Waals surface area (Å²) < 4.78 is 5.01. The number of ether oxygens (including phenoxy) is 1. The standard InChI is InChI=1S/C11H12N2O3.CH2O2/c14-10-12-6-7-13(10)11(15)16-8-9-4-2-1-3-5-9;2-1-3/h1-5H,6-8H2,(H,12,14);1H,(H,2,3). The van der Waals surface area contributed by atoms with Crippen molar-refractivity contribution in [2.45, 2.75) is 6.61 Å². The van der Waals surface area contributed by atoms with Crippen LogP contribution >= 0.6 is 0 Å². The molecule has 1 aliphatic rings. The van der Waals surface area contributed by atoms with Gasteiger partial charge in [0.25, 0.3) is 6.47 Å². The van der Waals surface area contributed by atoms with Crippen molar-refractivity contribution in [3.8, 4) is 0 Å². The average molecular weight is 266 g/mol. The molecule has 1 aromatic carbocycles. The molecule has 0 bridgehead atoms. The van der Waals surface area contributed by atoms with E-state index in [4.69, 9.17) is 14.6 Å². The lowest BCUT2D eigenvalue weighted by Crippen LogP contribution is -2.34. The average Bonchev–Trinajstić information content (AvgIpc) is 2.84. The number of nitrogens with one attached hydrogen (secondary N) is 1. The second-order valence-electron chi connectivity index (χ2n) is 3.53. The Kier molecular flexibility index (Phi) is 5.87. The van der Waals surface area contributed by atoms with Crippen LogP contribution in [0.5, 0.6) is 0 Å². The van der Waals surface area contributed by atoms with E-state index in [0.29, 0.717) is 13.1 Å². The predicted molar refractivity (Wildman–Crippen MR) is 65.4 cm³/mol. The molecule has 1 fully saturated rings. The normalized spacial score (nSPS) is 13.1. The molecule has 0 spiro atoms. The molecule has 1 aliphatic heterocycles. The van der Waals surface area contributed by atoms with Gasteiger partial charge in [0, 0.05) is 6.54 Å². The molecule has 0 saturated carbocycles. The van der Waals surface area contributed by atoms with E-state index in [-0.39, 0.29) is 13.1 Å². The van der Waals surface area contributed by atoms with Gasteiger partial charge in [-0.25, -0.2) is 14.5 Å². The predicted octanol–water partition coefficient (Wildman–Crippen LogP) is 1.05. The van der Waals surface area contributed by atoms with Gasteiger partial charge in [0.15, 0.2) is 0 Å². The highest BCUT2D eigenvalue weighted by Gasteiger charge is 2.27. The molecule has 7 nitrogen and oxygen atoms in total. The number of carbonyl (C=O) groups excluding carboxylic acids is 2. The van der Waals surface area contributed by atoms with E-state index in [1.54, 1.807) is 0 Å². The first kappa shape index (κ1) is 14.5. The van der Waals surface area contributed by atoms with Crippen molar-refractivity contribution >= 4 is 18.6 Å². The largest absolute Gasteiger partial charge is 0.483 e. The van der Waals surface area contributed by atoms with E-state index in [0.717, 1.165) is 10.5 Å². The van der Waals surface area contributed by atoms with Gasteiger partial charge in [-0.1, -0.05) is 30.3 Å². The summed E-state index contributed by atoms with van der Waals surface area (Å²) >= 11 is 0. The summed E-state index contributed by atoms with van der Waals surface area (Å²) in [5, 5.41) is 9.42. The van der Waals surface area contributed by atoms with Crippen LogP contribution in [-0.2, 0) is 16.1 Å². The quantitative estimate of drug-likeness (QED) is 0.780. The SMILES string of the molecule is O=C1NCCN1C(=O)OCc1ccccc1.O=CO. The number of nitrogens with zero attached hydrogens (tertiary/aromatic N) is 1. The van der Waals surface area contributed by atoms with Crippen molar-refractivity contribution < 1.29 is 24.2 Å². The van der Waals surface area contributed by atoms with Crippen molar-refractivity contribution in [3.63, 3.8) is 0 Å². The number of benzene rings is 1. The van der Waals surface area contributed by atoms with Gasteiger partial charge in [-0.15, -0.1) is 0 Å². The highest BCUT2D eigenvalue weighted by molar-refractivity contribution is 5.92. The Morgan fingerprint density at radius 1 is 1.42 bits per heavy atom. The molecule has 7 heteroatoms. The third kappa shape index (κ3) is 4.66. The van der Waals surface area contributed by atoms with Gasteiger partial charge in [0.2, 0.25) is 0 Å².